The highest BCUT2D eigenvalue weighted by Crippen LogP contribution is 2.34. The number of nitrogens with zero attached hydrogens (tertiary/aromatic N) is 1. The second-order valence-corrected chi connectivity index (χ2v) is 5.48. The van der Waals surface area contributed by atoms with E-state index in [-0.39, 0.29) is 0 Å². The van der Waals surface area contributed by atoms with E-state index in [9.17, 15) is 0 Å². The molecule has 1 aliphatic rings. The van der Waals surface area contributed by atoms with Crippen molar-refractivity contribution in [2.45, 2.75) is 25.7 Å². The zero-order valence-corrected chi connectivity index (χ0v) is 13.2. The summed E-state index contributed by atoms with van der Waals surface area (Å²) >= 11 is 0. The molecule has 0 bridgehead atoms. The van der Waals surface area contributed by atoms with E-state index in [1.165, 1.54) is 38.8 Å². The molecule has 1 saturated heterocycles. The largest absolute Gasteiger partial charge is 0.493 e. The number of ether oxygens (including phenoxy) is 2. The van der Waals surface area contributed by atoms with Gasteiger partial charge in [0.25, 0.3) is 0 Å². The molecule has 0 amide bonds. The van der Waals surface area contributed by atoms with Gasteiger partial charge in [0, 0.05) is 25.2 Å². The molecule has 1 aliphatic heterocycles. The van der Waals surface area contributed by atoms with Gasteiger partial charge in [0.05, 0.1) is 25.6 Å². The lowest BCUT2D eigenvalue weighted by molar-refractivity contribution is 0.296. The summed E-state index contributed by atoms with van der Waals surface area (Å²) in [6.07, 6.45) is 5.37. The molecule has 118 valence electrons. The number of benzene rings is 1. The summed E-state index contributed by atoms with van der Waals surface area (Å²) in [5.41, 5.74) is 7.64. The number of hydrogen-bond acceptors (Lipinski definition) is 5. The van der Waals surface area contributed by atoms with Crippen LogP contribution in [0.2, 0.25) is 0 Å². The zero-order chi connectivity index (χ0) is 15.1. The van der Waals surface area contributed by atoms with Gasteiger partial charge in [0.1, 0.15) is 0 Å². The number of hydrogen-bond donors (Lipinski definition) is 2. The molecule has 0 aromatic heterocycles. The monoisotopic (exact) mass is 293 g/mol. The molecule has 2 rings (SSSR count). The molecule has 0 unspecified atom stereocenters. The predicted molar refractivity (Wildman–Crippen MR) is 87.4 cm³/mol. The van der Waals surface area contributed by atoms with Gasteiger partial charge < -0.3 is 25.4 Å². The number of methoxy groups -OCH3 is 2. The SMILES string of the molecule is COc1cc(N)c(NCCN2CCCCCC2)cc1OC. The molecule has 1 heterocycles. The van der Waals surface area contributed by atoms with Gasteiger partial charge >= 0.3 is 0 Å². The first-order valence-corrected chi connectivity index (χ1v) is 7.72. The van der Waals surface area contributed by atoms with Gasteiger partial charge in [-0.1, -0.05) is 12.8 Å². The Morgan fingerprint density at radius 1 is 1.05 bits per heavy atom. The lowest BCUT2D eigenvalue weighted by atomic mass is 10.2. The van der Waals surface area contributed by atoms with Crippen molar-refractivity contribution in [1.29, 1.82) is 0 Å². The van der Waals surface area contributed by atoms with Crippen LogP contribution in [0.3, 0.4) is 0 Å². The van der Waals surface area contributed by atoms with Crippen LogP contribution in [0.4, 0.5) is 11.4 Å². The Labute approximate surface area is 127 Å². The standard InChI is InChI=1S/C16H27N3O2/c1-20-15-11-13(17)14(12-16(15)21-2)18-7-10-19-8-5-3-4-6-9-19/h11-12,18H,3-10,17H2,1-2H3. The number of nitrogens with two attached hydrogens (primary N) is 1. The fourth-order valence-corrected chi connectivity index (χ4v) is 2.76. The van der Waals surface area contributed by atoms with Crippen molar-refractivity contribution in [2.75, 3.05) is 51.4 Å². The Morgan fingerprint density at radius 3 is 2.29 bits per heavy atom. The number of likely N-dealkylation sites (tertiary alicyclic amines) is 1. The molecule has 0 aliphatic carbocycles. The second-order valence-electron chi connectivity index (χ2n) is 5.48. The maximum Gasteiger partial charge on any atom is 0.162 e. The Kier molecular flexibility index (Phi) is 5.99. The minimum Gasteiger partial charge on any atom is -0.493 e. The third kappa shape index (κ3) is 4.43. The van der Waals surface area contributed by atoms with E-state index in [1.54, 1.807) is 20.3 Å². The highest BCUT2D eigenvalue weighted by atomic mass is 16.5. The Bertz CT molecular complexity index is 443. The Balaban J connectivity index is 1.90. The average Bonchev–Trinajstić information content (AvgIpc) is 2.77. The minimum absolute atomic E-state index is 0.660. The van der Waals surface area contributed by atoms with Crippen molar-refractivity contribution in [3.63, 3.8) is 0 Å². The van der Waals surface area contributed by atoms with Gasteiger partial charge in [-0.3, -0.25) is 0 Å². The number of anilines is 2. The third-order valence-corrected chi connectivity index (χ3v) is 4.00. The summed E-state index contributed by atoms with van der Waals surface area (Å²) < 4.78 is 10.6. The first kappa shape index (κ1) is 15.8. The first-order valence-electron chi connectivity index (χ1n) is 7.72. The van der Waals surface area contributed by atoms with Gasteiger partial charge in [-0.05, 0) is 25.9 Å². The van der Waals surface area contributed by atoms with Gasteiger partial charge in [0.2, 0.25) is 0 Å². The predicted octanol–water partition coefficient (Wildman–Crippen LogP) is 2.57. The summed E-state index contributed by atoms with van der Waals surface area (Å²) in [6.45, 7) is 4.36. The molecule has 1 aromatic carbocycles. The van der Waals surface area contributed by atoms with E-state index < -0.39 is 0 Å². The molecule has 0 atom stereocenters. The lowest BCUT2D eigenvalue weighted by Crippen LogP contribution is -2.30. The number of nitrogen functional groups attached to an aromatic ring is 1. The van der Waals surface area contributed by atoms with E-state index >= 15 is 0 Å². The van der Waals surface area contributed by atoms with Crippen LogP contribution in [0.1, 0.15) is 25.7 Å². The van der Waals surface area contributed by atoms with Crippen LogP contribution in [0.15, 0.2) is 12.1 Å². The molecule has 0 radical (unpaired) electrons. The van der Waals surface area contributed by atoms with Crippen LogP contribution < -0.4 is 20.5 Å². The average molecular weight is 293 g/mol. The van der Waals surface area contributed by atoms with Gasteiger partial charge in [-0.15, -0.1) is 0 Å². The van der Waals surface area contributed by atoms with Crippen molar-refractivity contribution < 1.29 is 9.47 Å². The molecule has 21 heavy (non-hydrogen) atoms. The smallest absolute Gasteiger partial charge is 0.162 e. The summed E-state index contributed by atoms with van der Waals surface area (Å²) in [5, 5.41) is 3.40. The summed E-state index contributed by atoms with van der Waals surface area (Å²) in [6, 6.07) is 3.70. The highest BCUT2D eigenvalue weighted by molar-refractivity contribution is 5.72. The maximum absolute atomic E-state index is 6.05. The van der Waals surface area contributed by atoms with Crippen LogP contribution in [0, 0.1) is 0 Å². The molecule has 1 aromatic rings. The molecule has 5 heteroatoms. The van der Waals surface area contributed by atoms with Gasteiger partial charge in [0.15, 0.2) is 11.5 Å². The second kappa shape index (κ2) is 7.98. The van der Waals surface area contributed by atoms with Crippen LogP contribution in [0.25, 0.3) is 0 Å². The molecular formula is C16H27N3O2. The van der Waals surface area contributed by atoms with E-state index in [2.05, 4.69) is 10.2 Å². The zero-order valence-electron chi connectivity index (χ0n) is 13.2. The van der Waals surface area contributed by atoms with Crippen LogP contribution in [0.5, 0.6) is 11.5 Å². The van der Waals surface area contributed by atoms with Crippen LogP contribution in [-0.4, -0.2) is 45.3 Å². The first-order chi connectivity index (χ1) is 10.2. The molecule has 1 fully saturated rings. The summed E-state index contributed by atoms with van der Waals surface area (Å²) in [4.78, 5) is 2.52. The summed E-state index contributed by atoms with van der Waals surface area (Å²) in [7, 11) is 3.25. The van der Waals surface area contributed by atoms with E-state index in [0.29, 0.717) is 17.2 Å². The quantitative estimate of drug-likeness (QED) is 0.789. The van der Waals surface area contributed by atoms with Gasteiger partial charge in [-0.25, -0.2) is 0 Å². The Morgan fingerprint density at radius 2 is 1.67 bits per heavy atom. The van der Waals surface area contributed by atoms with E-state index in [1.807, 2.05) is 6.07 Å². The molecule has 3 N–H and O–H groups in total. The van der Waals surface area contributed by atoms with Crippen molar-refractivity contribution in [3.05, 3.63) is 12.1 Å². The highest BCUT2D eigenvalue weighted by Gasteiger charge is 2.11. The Hall–Kier alpha value is -1.62. The molecule has 0 saturated carbocycles. The molecule has 5 nitrogen and oxygen atoms in total. The minimum atomic E-state index is 0.660. The third-order valence-electron chi connectivity index (χ3n) is 4.00. The fraction of sp³-hybridized carbons (Fsp3) is 0.625. The van der Waals surface area contributed by atoms with Crippen molar-refractivity contribution in [1.82, 2.24) is 4.90 Å². The van der Waals surface area contributed by atoms with E-state index in [0.717, 1.165) is 18.8 Å². The molecule has 0 spiro atoms. The summed E-state index contributed by atoms with van der Waals surface area (Å²) in [5.74, 6) is 1.36. The molecular weight excluding hydrogens is 266 g/mol. The number of nitrogens with one attached hydrogen (secondary N) is 1. The van der Waals surface area contributed by atoms with Gasteiger partial charge in [-0.2, -0.15) is 0 Å². The van der Waals surface area contributed by atoms with Crippen molar-refractivity contribution in [2.24, 2.45) is 0 Å². The van der Waals surface area contributed by atoms with Crippen molar-refractivity contribution >= 4 is 11.4 Å². The van der Waals surface area contributed by atoms with Crippen molar-refractivity contribution in [3.8, 4) is 11.5 Å². The van der Waals surface area contributed by atoms with Crippen LogP contribution in [-0.2, 0) is 0 Å². The maximum atomic E-state index is 6.05. The van der Waals surface area contributed by atoms with E-state index in [4.69, 9.17) is 15.2 Å². The lowest BCUT2D eigenvalue weighted by Gasteiger charge is -2.21. The normalized spacial score (nSPS) is 16.3. The van der Waals surface area contributed by atoms with Crippen LogP contribution >= 0.6 is 0 Å². The fourth-order valence-electron chi connectivity index (χ4n) is 2.76. The topological polar surface area (TPSA) is 59.8 Å². The number of rotatable bonds is 6.